The first-order valence-corrected chi connectivity index (χ1v) is 17.4. The van der Waals surface area contributed by atoms with Crippen LogP contribution in [-0.4, -0.2) is 9.13 Å². The fraction of sp³-hybridized carbons (Fsp3) is 0. The van der Waals surface area contributed by atoms with Gasteiger partial charge < -0.3 is 13.6 Å². The van der Waals surface area contributed by atoms with Gasteiger partial charge in [0.05, 0.1) is 27.5 Å². The van der Waals surface area contributed by atoms with Crippen LogP contribution in [0.25, 0.3) is 99.2 Å². The highest BCUT2D eigenvalue weighted by molar-refractivity contribution is 6.31. The molecule has 0 radical (unpaired) electrons. The maximum atomic E-state index is 6.70. The number of furan rings is 1. The van der Waals surface area contributed by atoms with E-state index in [4.69, 9.17) is 4.42 Å². The molecule has 3 aromatic heterocycles. The largest absolute Gasteiger partial charge is 0.455 e. The molecular formula is C48H30N2O. The molecule has 0 amide bonds. The minimum absolute atomic E-state index is 0.907. The summed E-state index contributed by atoms with van der Waals surface area (Å²) < 4.78 is 11.6. The minimum atomic E-state index is 0.907. The lowest BCUT2D eigenvalue weighted by molar-refractivity contribution is 0.673. The lowest BCUT2D eigenvalue weighted by Crippen LogP contribution is -1.95. The number of nitrogens with zero attached hydrogens (tertiary/aromatic N) is 2. The molecule has 0 unspecified atom stereocenters. The molecule has 0 aliphatic rings. The average molecular weight is 651 g/mol. The van der Waals surface area contributed by atoms with Crippen LogP contribution in [0.4, 0.5) is 0 Å². The molecule has 3 heterocycles. The zero-order chi connectivity index (χ0) is 33.5. The van der Waals surface area contributed by atoms with Crippen LogP contribution in [0.2, 0.25) is 0 Å². The van der Waals surface area contributed by atoms with Gasteiger partial charge in [0.15, 0.2) is 0 Å². The van der Waals surface area contributed by atoms with Gasteiger partial charge in [-0.1, -0.05) is 121 Å². The highest BCUT2D eigenvalue weighted by Crippen LogP contribution is 2.45. The van der Waals surface area contributed by atoms with E-state index >= 15 is 0 Å². The molecule has 0 fully saturated rings. The number of rotatable bonds is 4. The lowest BCUT2D eigenvalue weighted by atomic mass is 10.1. The van der Waals surface area contributed by atoms with Crippen LogP contribution in [-0.2, 0) is 0 Å². The molecule has 11 rings (SSSR count). The number of para-hydroxylation sites is 2. The molecular weight excluding hydrogens is 621 g/mol. The molecule has 0 aliphatic carbocycles. The average Bonchev–Trinajstić information content (AvgIpc) is 3.86. The summed E-state index contributed by atoms with van der Waals surface area (Å²) in [5, 5.41) is 7.03. The van der Waals surface area contributed by atoms with E-state index in [9.17, 15) is 0 Å². The fourth-order valence-electron chi connectivity index (χ4n) is 8.24. The van der Waals surface area contributed by atoms with Gasteiger partial charge in [-0.25, -0.2) is 0 Å². The van der Waals surface area contributed by atoms with Crippen LogP contribution < -0.4 is 0 Å². The topological polar surface area (TPSA) is 23.0 Å². The van der Waals surface area contributed by atoms with Gasteiger partial charge >= 0.3 is 0 Å². The molecule has 0 saturated carbocycles. The Kier molecular flexibility index (Phi) is 5.96. The summed E-state index contributed by atoms with van der Waals surface area (Å²) in [6.07, 6.45) is 0. The lowest BCUT2D eigenvalue weighted by Gasteiger charge is -2.11. The smallest absolute Gasteiger partial charge is 0.145 e. The standard InChI is InChI=1S/C48H30N2O/c1-3-11-31(12-4-1)33-19-23-35(24-20-33)49-41-17-9-7-16-39(41)45-42(49)30-28-40-46-43(29-27-38-37-15-8-10-18-44(37)51-48(38)46)50(47(40)45)36-25-21-34(22-26-36)32-13-5-2-6-14-32/h1-30H. The molecule has 0 N–H and O–H groups in total. The van der Waals surface area contributed by atoms with Gasteiger partial charge in [-0.05, 0) is 82.9 Å². The van der Waals surface area contributed by atoms with Gasteiger partial charge in [0.2, 0.25) is 0 Å². The monoisotopic (exact) mass is 650 g/mol. The van der Waals surface area contributed by atoms with Crippen LogP contribution >= 0.6 is 0 Å². The number of aromatic nitrogens is 2. The SMILES string of the molecule is c1ccc(-c2ccc(-n3c4ccccc4c4c3ccc3c5c6oc7ccccc7c6ccc5n(-c5ccc(-c6ccccc6)cc5)c34)cc2)cc1. The van der Waals surface area contributed by atoms with Gasteiger partial charge in [0.25, 0.3) is 0 Å². The van der Waals surface area contributed by atoms with Crippen molar-refractivity contribution in [2.24, 2.45) is 0 Å². The van der Waals surface area contributed by atoms with Crippen molar-refractivity contribution in [1.82, 2.24) is 9.13 Å². The van der Waals surface area contributed by atoms with Gasteiger partial charge in [0.1, 0.15) is 11.2 Å². The van der Waals surface area contributed by atoms with E-state index in [1.807, 2.05) is 6.07 Å². The van der Waals surface area contributed by atoms with Crippen LogP contribution in [0.3, 0.4) is 0 Å². The molecule has 238 valence electrons. The molecule has 3 heteroatoms. The van der Waals surface area contributed by atoms with E-state index in [2.05, 4.69) is 185 Å². The Labute approximate surface area is 293 Å². The van der Waals surface area contributed by atoms with E-state index in [1.54, 1.807) is 0 Å². The maximum Gasteiger partial charge on any atom is 0.145 e. The number of benzene rings is 8. The van der Waals surface area contributed by atoms with Gasteiger partial charge in [-0.2, -0.15) is 0 Å². The van der Waals surface area contributed by atoms with E-state index < -0.39 is 0 Å². The molecule has 8 aromatic carbocycles. The van der Waals surface area contributed by atoms with Gasteiger partial charge in [0, 0.05) is 38.3 Å². The van der Waals surface area contributed by atoms with Crippen LogP contribution in [0.15, 0.2) is 186 Å². The van der Waals surface area contributed by atoms with Crippen LogP contribution in [0, 0.1) is 0 Å². The fourth-order valence-corrected chi connectivity index (χ4v) is 8.24. The first kappa shape index (κ1) is 28.0. The highest BCUT2D eigenvalue weighted by atomic mass is 16.3. The van der Waals surface area contributed by atoms with Crippen molar-refractivity contribution in [2.45, 2.75) is 0 Å². The molecule has 0 spiro atoms. The minimum Gasteiger partial charge on any atom is -0.455 e. The summed E-state index contributed by atoms with van der Waals surface area (Å²) in [6, 6.07) is 65.3. The summed E-state index contributed by atoms with van der Waals surface area (Å²) in [5.41, 5.74) is 13.6. The van der Waals surface area contributed by atoms with E-state index in [-0.39, 0.29) is 0 Å². The van der Waals surface area contributed by atoms with Crippen molar-refractivity contribution in [3.05, 3.63) is 182 Å². The maximum absolute atomic E-state index is 6.70. The Morgan fingerprint density at radius 3 is 1.49 bits per heavy atom. The Hall–Kier alpha value is -6.84. The molecule has 11 aromatic rings. The van der Waals surface area contributed by atoms with Gasteiger partial charge in [-0.3, -0.25) is 0 Å². The van der Waals surface area contributed by atoms with Crippen molar-refractivity contribution < 1.29 is 4.42 Å². The third kappa shape index (κ3) is 4.12. The van der Waals surface area contributed by atoms with Crippen molar-refractivity contribution >= 4 is 65.6 Å². The summed E-state index contributed by atoms with van der Waals surface area (Å²) in [5.74, 6) is 0. The second-order valence-electron chi connectivity index (χ2n) is 13.3. The van der Waals surface area contributed by atoms with E-state index in [1.165, 1.54) is 55.0 Å². The zero-order valence-electron chi connectivity index (χ0n) is 27.6. The molecule has 0 saturated heterocycles. The Balaban J connectivity index is 1.24. The Morgan fingerprint density at radius 2 is 0.824 bits per heavy atom. The van der Waals surface area contributed by atoms with Crippen molar-refractivity contribution in [2.75, 3.05) is 0 Å². The normalized spacial score (nSPS) is 11.9. The first-order chi connectivity index (χ1) is 25.3. The highest BCUT2D eigenvalue weighted by Gasteiger charge is 2.23. The summed E-state index contributed by atoms with van der Waals surface area (Å²) in [6.45, 7) is 0. The van der Waals surface area contributed by atoms with Gasteiger partial charge in [-0.15, -0.1) is 0 Å². The van der Waals surface area contributed by atoms with Crippen molar-refractivity contribution in [3.63, 3.8) is 0 Å². The number of fused-ring (bicyclic) bond motifs is 11. The Morgan fingerprint density at radius 1 is 0.314 bits per heavy atom. The van der Waals surface area contributed by atoms with Crippen LogP contribution in [0.1, 0.15) is 0 Å². The van der Waals surface area contributed by atoms with E-state index in [0.29, 0.717) is 0 Å². The third-order valence-corrected chi connectivity index (χ3v) is 10.5. The quantitative estimate of drug-likeness (QED) is 0.186. The first-order valence-electron chi connectivity index (χ1n) is 17.4. The second-order valence-corrected chi connectivity index (χ2v) is 13.3. The molecule has 3 nitrogen and oxygen atoms in total. The molecule has 0 aliphatic heterocycles. The second kappa shape index (κ2) is 10.8. The molecule has 0 bridgehead atoms. The number of hydrogen-bond donors (Lipinski definition) is 0. The Bertz CT molecular complexity index is 3090. The zero-order valence-corrected chi connectivity index (χ0v) is 27.6. The van der Waals surface area contributed by atoms with Crippen molar-refractivity contribution in [1.29, 1.82) is 0 Å². The summed E-state index contributed by atoms with van der Waals surface area (Å²) in [7, 11) is 0. The summed E-state index contributed by atoms with van der Waals surface area (Å²) in [4.78, 5) is 0. The third-order valence-electron chi connectivity index (χ3n) is 10.5. The predicted octanol–water partition coefficient (Wildman–Crippen LogP) is 13.1. The van der Waals surface area contributed by atoms with Crippen molar-refractivity contribution in [3.8, 4) is 33.6 Å². The number of hydrogen-bond acceptors (Lipinski definition) is 1. The molecule has 0 atom stereocenters. The van der Waals surface area contributed by atoms with E-state index in [0.717, 1.165) is 44.2 Å². The predicted molar refractivity (Wildman–Crippen MR) is 213 cm³/mol. The van der Waals surface area contributed by atoms with Crippen LogP contribution in [0.5, 0.6) is 0 Å². The summed E-state index contributed by atoms with van der Waals surface area (Å²) >= 11 is 0. The molecule has 51 heavy (non-hydrogen) atoms.